The van der Waals surface area contributed by atoms with E-state index in [1.807, 2.05) is 25.8 Å². The molecule has 0 unspecified atom stereocenters. The molecule has 110 valence electrons. The largest absolute Gasteiger partial charge is 0.345 e. The standard InChI is InChI=1S/C16H30N2O/c1-13(2)16(19)17(3)12-14-8-10-18(11-9-14)15-6-4-5-7-15/h13-15H,4-12H2,1-3H3. The Kier molecular flexibility index (Phi) is 5.26. The van der Waals surface area contributed by atoms with Gasteiger partial charge in [0, 0.05) is 25.6 Å². The van der Waals surface area contributed by atoms with Crippen molar-refractivity contribution >= 4 is 5.91 Å². The van der Waals surface area contributed by atoms with Gasteiger partial charge in [-0.05, 0) is 44.7 Å². The highest BCUT2D eigenvalue weighted by Crippen LogP contribution is 2.28. The monoisotopic (exact) mass is 266 g/mol. The molecule has 0 aromatic carbocycles. The predicted octanol–water partition coefficient (Wildman–Crippen LogP) is 2.76. The highest BCUT2D eigenvalue weighted by atomic mass is 16.2. The van der Waals surface area contributed by atoms with Crippen molar-refractivity contribution in [3.05, 3.63) is 0 Å². The lowest BCUT2D eigenvalue weighted by atomic mass is 9.94. The van der Waals surface area contributed by atoms with Crippen LogP contribution in [-0.4, -0.2) is 48.4 Å². The van der Waals surface area contributed by atoms with Crippen LogP contribution in [0.5, 0.6) is 0 Å². The van der Waals surface area contributed by atoms with E-state index in [-0.39, 0.29) is 5.92 Å². The van der Waals surface area contributed by atoms with Crippen molar-refractivity contribution in [3.8, 4) is 0 Å². The van der Waals surface area contributed by atoms with E-state index >= 15 is 0 Å². The minimum atomic E-state index is 0.128. The predicted molar refractivity (Wildman–Crippen MR) is 79.0 cm³/mol. The summed E-state index contributed by atoms with van der Waals surface area (Å²) >= 11 is 0. The third-order valence-corrected chi connectivity index (χ3v) is 4.89. The van der Waals surface area contributed by atoms with Gasteiger partial charge < -0.3 is 9.80 Å². The van der Waals surface area contributed by atoms with Crippen molar-refractivity contribution in [2.45, 2.75) is 58.4 Å². The van der Waals surface area contributed by atoms with Gasteiger partial charge in [-0.3, -0.25) is 4.79 Å². The normalized spacial score (nSPS) is 23.2. The Hall–Kier alpha value is -0.570. The zero-order valence-electron chi connectivity index (χ0n) is 12.9. The maximum Gasteiger partial charge on any atom is 0.224 e. The molecule has 1 amide bonds. The Morgan fingerprint density at radius 2 is 1.74 bits per heavy atom. The zero-order valence-corrected chi connectivity index (χ0v) is 12.9. The molecule has 3 nitrogen and oxygen atoms in total. The summed E-state index contributed by atoms with van der Waals surface area (Å²) in [5.41, 5.74) is 0. The van der Waals surface area contributed by atoms with E-state index in [1.165, 1.54) is 51.6 Å². The maximum atomic E-state index is 11.9. The number of carbonyl (C=O) groups excluding carboxylic acids is 1. The smallest absolute Gasteiger partial charge is 0.224 e. The molecule has 2 fully saturated rings. The van der Waals surface area contributed by atoms with Crippen LogP contribution in [0.2, 0.25) is 0 Å². The molecule has 1 aliphatic carbocycles. The number of likely N-dealkylation sites (tertiary alicyclic amines) is 1. The third-order valence-electron chi connectivity index (χ3n) is 4.89. The van der Waals surface area contributed by atoms with Gasteiger partial charge >= 0.3 is 0 Å². The summed E-state index contributed by atoms with van der Waals surface area (Å²) in [7, 11) is 1.96. The first-order chi connectivity index (χ1) is 9.08. The molecule has 0 aromatic heterocycles. The second-order valence-electron chi connectivity index (χ2n) is 6.79. The second-order valence-corrected chi connectivity index (χ2v) is 6.79. The Bertz CT molecular complexity index is 289. The Balaban J connectivity index is 1.72. The molecule has 1 aliphatic heterocycles. The van der Waals surface area contributed by atoms with Crippen LogP contribution in [0.25, 0.3) is 0 Å². The molecule has 3 heteroatoms. The highest BCUT2D eigenvalue weighted by molar-refractivity contribution is 5.77. The Morgan fingerprint density at radius 1 is 1.16 bits per heavy atom. The SMILES string of the molecule is CC(C)C(=O)N(C)CC1CCN(C2CCCC2)CC1. The fraction of sp³-hybridized carbons (Fsp3) is 0.938. The molecular formula is C16H30N2O. The van der Waals surface area contributed by atoms with Crippen LogP contribution in [0.15, 0.2) is 0 Å². The van der Waals surface area contributed by atoms with Crippen molar-refractivity contribution < 1.29 is 4.79 Å². The molecule has 0 radical (unpaired) electrons. The molecule has 1 heterocycles. The van der Waals surface area contributed by atoms with E-state index in [9.17, 15) is 4.79 Å². The minimum absolute atomic E-state index is 0.128. The van der Waals surface area contributed by atoms with Gasteiger partial charge in [0.05, 0.1) is 0 Å². The van der Waals surface area contributed by atoms with Gasteiger partial charge in [0.2, 0.25) is 5.91 Å². The number of rotatable bonds is 4. The summed E-state index contributed by atoms with van der Waals surface area (Å²) in [6, 6.07) is 0.871. The van der Waals surface area contributed by atoms with E-state index < -0.39 is 0 Å². The molecule has 2 rings (SSSR count). The highest BCUT2D eigenvalue weighted by Gasteiger charge is 2.28. The lowest BCUT2D eigenvalue weighted by Crippen LogP contribution is -2.43. The zero-order chi connectivity index (χ0) is 13.8. The van der Waals surface area contributed by atoms with Gasteiger partial charge in [-0.2, -0.15) is 0 Å². The summed E-state index contributed by atoms with van der Waals surface area (Å²) < 4.78 is 0. The molecular weight excluding hydrogens is 236 g/mol. The number of hydrogen-bond donors (Lipinski definition) is 0. The lowest BCUT2D eigenvalue weighted by Gasteiger charge is -2.37. The summed E-state index contributed by atoms with van der Waals surface area (Å²) in [4.78, 5) is 16.6. The maximum absolute atomic E-state index is 11.9. The fourth-order valence-corrected chi connectivity index (χ4v) is 3.69. The number of piperidine rings is 1. The summed E-state index contributed by atoms with van der Waals surface area (Å²) in [6.45, 7) is 7.43. The number of hydrogen-bond acceptors (Lipinski definition) is 2. The van der Waals surface area contributed by atoms with E-state index in [0.29, 0.717) is 11.8 Å². The van der Waals surface area contributed by atoms with Crippen molar-refractivity contribution in [2.24, 2.45) is 11.8 Å². The topological polar surface area (TPSA) is 23.6 Å². The van der Waals surface area contributed by atoms with Gasteiger partial charge in [0.15, 0.2) is 0 Å². The molecule has 0 bridgehead atoms. The van der Waals surface area contributed by atoms with Crippen LogP contribution in [0, 0.1) is 11.8 Å². The summed E-state index contributed by atoms with van der Waals surface area (Å²) in [5, 5.41) is 0. The molecule has 2 aliphatic rings. The van der Waals surface area contributed by atoms with Crippen molar-refractivity contribution in [1.29, 1.82) is 0 Å². The fourth-order valence-electron chi connectivity index (χ4n) is 3.69. The van der Waals surface area contributed by atoms with Crippen LogP contribution in [0.4, 0.5) is 0 Å². The van der Waals surface area contributed by atoms with Crippen LogP contribution in [-0.2, 0) is 4.79 Å². The van der Waals surface area contributed by atoms with E-state index in [1.54, 1.807) is 0 Å². The molecule has 0 spiro atoms. The van der Waals surface area contributed by atoms with E-state index in [0.717, 1.165) is 12.6 Å². The quantitative estimate of drug-likeness (QED) is 0.781. The Labute approximate surface area is 118 Å². The van der Waals surface area contributed by atoms with Gasteiger partial charge in [-0.1, -0.05) is 26.7 Å². The first-order valence-corrected chi connectivity index (χ1v) is 8.07. The Morgan fingerprint density at radius 3 is 2.26 bits per heavy atom. The molecule has 0 N–H and O–H groups in total. The van der Waals surface area contributed by atoms with Crippen molar-refractivity contribution in [2.75, 3.05) is 26.7 Å². The summed E-state index contributed by atoms with van der Waals surface area (Å²) in [5.74, 6) is 1.13. The average molecular weight is 266 g/mol. The van der Waals surface area contributed by atoms with Gasteiger partial charge in [0.25, 0.3) is 0 Å². The molecule has 19 heavy (non-hydrogen) atoms. The number of amides is 1. The minimum Gasteiger partial charge on any atom is -0.345 e. The number of carbonyl (C=O) groups is 1. The summed E-state index contributed by atoms with van der Waals surface area (Å²) in [6.07, 6.45) is 8.22. The van der Waals surface area contributed by atoms with Crippen molar-refractivity contribution in [1.82, 2.24) is 9.80 Å². The van der Waals surface area contributed by atoms with Crippen molar-refractivity contribution in [3.63, 3.8) is 0 Å². The second kappa shape index (κ2) is 6.74. The van der Waals surface area contributed by atoms with Crippen LogP contribution >= 0.6 is 0 Å². The van der Waals surface area contributed by atoms with E-state index in [4.69, 9.17) is 0 Å². The van der Waals surface area contributed by atoms with Gasteiger partial charge in [0.1, 0.15) is 0 Å². The molecule has 1 saturated carbocycles. The molecule has 0 atom stereocenters. The third kappa shape index (κ3) is 3.95. The van der Waals surface area contributed by atoms with Gasteiger partial charge in [-0.25, -0.2) is 0 Å². The molecule has 1 saturated heterocycles. The van der Waals surface area contributed by atoms with Crippen LogP contribution < -0.4 is 0 Å². The van der Waals surface area contributed by atoms with E-state index in [2.05, 4.69) is 4.90 Å². The van der Waals surface area contributed by atoms with Gasteiger partial charge in [-0.15, -0.1) is 0 Å². The lowest BCUT2D eigenvalue weighted by molar-refractivity contribution is -0.133. The molecule has 0 aromatic rings. The average Bonchev–Trinajstić information content (AvgIpc) is 2.92. The van der Waals surface area contributed by atoms with Crippen LogP contribution in [0.1, 0.15) is 52.4 Å². The number of nitrogens with zero attached hydrogens (tertiary/aromatic N) is 2. The first-order valence-electron chi connectivity index (χ1n) is 8.07. The first kappa shape index (κ1) is 14.8. The van der Waals surface area contributed by atoms with Crippen LogP contribution in [0.3, 0.4) is 0 Å².